The Kier molecular flexibility index (Phi) is 3.44. The first-order valence-electron chi connectivity index (χ1n) is 7.37. The second kappa shape index (κ2) is 5.02. The van der Waals surface area contributed by atoms with Gasteiger partial charge in [-0.3, -0.25) is 14.5 Å². The minimum atomic E-state index is -0.727. The summed E-state index contributed by atoms with van der Waals surface area (Å²) in [4.78, 5) is 27.0. The smallest absolute Gasteiger partial charge is 0.253 e. The first-order valence-corrected chi connectivity index (χ1v) is 7.75. The highest BCUT2D eigenvalue weighted by atomic mass is 35.5. The maximum Gasteiger partial charge on any atom is 0.253 e. The molecular weight excluding hydrogens is 288 g/mol. The van der Waals surface area contributed by atoms with E-state index in [9.17, 15) is 9.59 Å². The molecule has 1 aromatic rings. The van der Waals surface area contributed by atoms with Gasteiger partial charge in [0.2, 0.25) is 5.91 Å². The molecule has 1 heterocycles. The van der Waals surface area contributed by atoms with Crippen LogP contribution in [-0.2, 0) is 9.59 Å². The summed E-state index contributed by atoms with van der Waals surface area (Å²) >= 11 is 6.31. The number of piperazine rings is 1. The average Bonchev–Trinajstić information content (AvgIpc) is 2.89. The Morgan fingerprint density at radius 2 is 1.95 bits per heavy atom. The highest BCUT2D eigenvalue weighted by Gasteiger charge is 2.51. The number of carbonyl (C=O) groups is 2. The van der Waals surface area contributed by atoms with Crippen LogP contribution in [-0.4, -0.2) is 23.4 Å². The Balaban J connectivity index is 2.10. The molecule has 1 N–H and O–H groups in total. The van der Waals surface area contributed by atoms with Gasteiger partial charge in [0, 0.05) is 0 Å². The Bertz CT molecular complexity index is 588. The van der Waals surface area contributed by atoms with Crippen LogP contribution in [0.1, 0.15) is 38.2 Å². The molecule has 2 amide bonds. The van der Waals surface area contributed by atoms with Crippen molar-refractivity contribution in [3.05, 3.63) is 28.8 Å². The van der Waals surface area contributed by atoms with Crippen LogP contribution in [0.3, 0.4) is 0 Å². The molecule has 4 nitrogen and oxygen atoms in total. The molecular formula is C16H19ClN2O2. The van der Waals surface area contributed by atoms with Gasteiger partial charge in [-0.15, -0.1) is 0 Å². The summed E-state index contributed by atoms with van der Waals surface area (Å²) in [7, 11) is 0. The van der Waals surface area contributed by atoms with Crippen molar-refractivity contribution in [2.24, 2.45) is 0 Å². The molecule has 0 bridgehead atoms. The van der Waals surface area contributed by atoms with Gasteiger partial charge >= 0.3 is 0 Å². The summed E-state index contributed by atoms with van der Waals surface area (Å²) in [6, 6.07) is 4.99. The number of amides is 2. The van der Waals surface area contributed by atoms with Gasteiger partial charge < -0.3 is 5.32 Å². The zero-order valence-electron chi connectivity index (χ0n) is 12.3. The van der Waals surface area contributed by atoms with Crippen molar-refractivity contribution in [1.82, 2.24) is 5.32 Å². The monoisotopic (exact) mass is 306 g/mol. The molecule has 0 radical (unpaired) electrons. The third-order valence-electron chi connectivity index (χ3n) is 4.64. The van der Waals surface area contributed by atoms with Crippen molar-refractivity contribution in [2.75, 3.05) is 4.90 Å². The van der Waals surface area contributed by atoms with Crippen molar-refractivity contribution in [3.63, 3.8) is 0 Å². The van der Waals surface area contributed by atoms with Gasteiger partial charge in [-0.25, -0.2) is 0 Å². The van der Waals surface area contributed by atoms with E-state index < -0.39 is 11.6 Å². The molecule has 1 spiro atoms. The van der Waals surface area contributed by atoms with E-state index in [0.717, 1.165) is 18.4 Å². The Hall–Kier alpha value is -1.55. The van der Waals surface area contributed by atoms with E-state index in [1.165, 1.54) is 0 Å². The minimum absolute atomic E-state index is 0.0247. The summed E-state index contributed by atoms with van der Waals surface area (Å²) in [5.41, 5.74) is 0.846. The fourth-order valence-electron chi connectivity index (χ4n) is 3.46. The number of anilines is 1. The number of nitrogens with one attached hydrogen (secondary N) is 1. The minimum Gasteiger partial charge on any atom is -0.340 e. The standard InChI is InChI=1S/C16H19ClN2O2/c1-10-6-5-7-12(17)13(10)19-11(2)14(20)18-16(15(19)21)8-3-4-9-16/h5-7,11H,3-4,8-9H2,1-2H3,(H,18,20). The molecule has 1 aromatic carbocycles. The highest BCUT2D eigenvalue weighted by Crippen LogP contribution is 2.39. The van der Waals surface area contributed by atoms with Crippen molar-refractivity contribution in [3.8, 4) is 0 Å². The predicted octanol–water partition coefficient (Wildman–Crippen LogP) is 2.81. The van der Waals surface area contributed by atoms with Gasteiger partial charge in [-0.05, 0) is 38.3 Å². The zero-order chi connectivity index (χ0) is 15.2. The average molecular weight is 307 g/mol. The number of carbonyl (C=O) groups excluding carboxylic acids is 2. The number of nitrogens with zero attached hydrogens (tertiary/aromatic N) is 1. The third-order valence-corrected chi connectivity index (χ3v) is 4.95. The lowest BCUT2D eigenvalue weighted by molar-refractivity contribution is -0.137. The normalized spacial score (nSPS) is 24.5. The number of para-hydroxylation sites is 1. The molecule has 1 aliphatic heterocycles. The summed E-state index contributed by atoms with van der Waals surface area (Å²) in [6.07, 6.45) is 3.36. The molecule has 1 saturated heterocycles. The number of benzene rings is 1. The van der Waals surface area contributed by atoms with Gasteiger partial charge in [0.25, 0.3) is 5.91 Å². The first-order chi connectivity index (χ1) is 9.96. The molecule has 0 aromatic heterocycles. The van der Waals surface area contributed by atoms with E-state index in [4.69, 9.17) is 11.6 Å². The van der Waals surface area contributed by atoms with Crippen molar-refractivity contribution in [2.45, 2.75) is 51.1 Å². The molecule has 2 fully saturated rings. The molecule has 2 aliphatic rings. The number of hydrogen-bond donors (Lipinski definition) is 1. The van der Waals surface area contributed by atoms with Gasteiger partial charge in [0.15, 0.2) is 0 Å². The van der Waals surface area contributed by atoms with Crippen LogP contribution in [0.2, 0.25) is 5.02 Å². The summed E-state index contributed by atoms with van der Waals surface area (Å²) in [5, 5.41) is 3.47. The maximum atomic E-state index is 13.1. The van der Waals surface area contributed by atoms with Crippen LogP contribution < -0.4 is 10.2 Å². The van der Waals surface area contributed by atoms with Crippen LogP contribution in [0.5, 0.6) is 0 Å². The highest BCUT2D eigenvalue weighted by molar-refractivity contribution is 6.34. The molecule has 1 unspecified atom stereocenters. The molecule has 3 rings (SSSR count). The van der Waals surface area contributed by atoms with Gasteiger partial charge in [-0.1, -0.05) is 36.6 Å². The largest absolute Gasteiger partial charge is 0.340 e. The Morgan fingerprint density at radius 1 is 1.29 bits per heavy atom. The van der Waals surface area contributed by atoms with E-state index in [1.807, 2.05) is 19.1 Å². The van der Waals surface area contributed by atoms with E-state index in [2.05, 4.69) is 5.32 Å². The molecule has 1 atom stereocenters. The van der Waals surface area contributed by atoms with E-state index in [0.29, 0.717) is 23.6 Å². The zero-order valence-corrected chi connectivity index (χ0v) is 13.0. The van der Waals surface area contributed by atoms with Crippen molar-refractivity contribution in [1.29, 1.82) is 0 Å². The van der Waals surface area contributed by atoms with Crippen LogP contribution >= 0.6 is 11.6 Å². The van der Waals surface area contributed by atoms with Gasteiger partial charge in [0.05, 0.1) is 10.7 Å². The van der Waals surface area contributed by atoms with Gasteiger partial charge in [0.1, 0.15) is 11.6 Å². The summed E-state index contributed by atoms with van der Waals surface area (Å²) in [6.45, 7) is 3.66. The van der Waals surface area contributed by atoms with Crippen LogP contribution in [0.4, 0.5) is 5.69 Å². The van der Waals surface area contributed by atoms with Crippen LogP contribution in [0.15, 0.2) is 18.2 Å². The second-order valence-electron chi connectivity index (χ2n) is 6.03. The van der Waals surface area contributed by atoms with Crippen molar-refractivity contribution >= 4 is 29.1 Å². The Labute approximate surface area is 129 Å². The Morgan fingerprint density at radius 3 is 2.57 bits per heavy atom. The quantitative estimate of drug-likeness (QED) is 0.867. The fourth-order valence-corrected chi connectivity index (χ4v) is 3.77. The number of aryl methyl sites for hydroxylation is 1. The maximum absolute atomic E-state index is 13.1. The number of hydrogen-bond acceptors (Lipinski definition) is 2. The summed E-state index contributed by atoms with van der Waals surface area (Å²) in [5.74, 6) is -0.126. The molecule has 1 saturated carbocycles. The molecule has 21 heavy (non-hydrogen) atoms. The molecule has 1 aliphatic carbocycles. The lowest BCUT2D eigenvalue weighted by atomic mass is 9.90. The van der Waals surface area contributed by atoms with Crippen LogP contribution in [0.25, 0.3) is 0 Å². The van der Waals surface area contributed by atoms with E-state index in [-0.39, 0.29) is 11.8 Å². The molecule has 5 heteroatoms. The SMILES string of the molecule is Cc1cccc(Cl)c1N1C(=O)C2(CCCC2)NC(=O)C1C. The summed E-state index contributed by atoms with van der Waals surface area (Å²) < 4.78 is 0. The van der Waals surface area contributed by atoms with Crippen LogP contribution in [0, 0.1) is 6.92 Å². The van der Waals surface area contributed by atoms with E-state index in [1.54, 1.807) is 17.9 Å². The third kappa shape index (κ3) is 2.13. The topological polar surface area (TPSA) is 49.4 Å². The fraction of sp³-hybridized carbons (Fsp3) is 0.500. The first kappa shape index (κ1) is 14.4. The predicted molar refractivity (Wildman–Crippen MR) is 82.5 cm³/mol. The number of halogens is 1. The second-order valence-corrected chi connectivity index (χ2v) is 6.44. The van der Waals surface area contributed by atoms with Crippen molar-refractivity contribution < 1.29 is 9.59 Å². The molecule has 112 valence electrons. The number of rotatable bonds is 1. The van der Waals surface area contributed by atoms with Gasteiger partial charge in [-0.2, -0.15) is 0 Å². The van der Waals surface area contributed by atoms with E-state index >= 15 is 0 Å². The lowest BCUT2D eigenvalue weighted by Gasteiger charge is -2.44. The lowest BCUT2D eigenvalue weighted by Crippen LogP contribution is -2.69.